The van der Waals surface area contributed by atoms with Gasteiger partial charge in [-0.25, -0.2) is 0 Å². The molecule has 6 nitrogen and oxygen atoms in total. The van der Waals surface area contributed by atoms with Crippen LogP contribution in [0.2, 0.25) is 0 Å². The molecule has 4 unspecified atom stereocenters. The van der Waals surface area contributed by atoms with Crippen molar-refractivity contribution in [2.75, 3.05) is 13.2 Å². The first-order chi connectivity index (χ1) is 5.54. The third-order valence-corrected chi connectivity index (χ3v) is 1.53. The molecular formula is C6H14NO5. The van der Waals surface area contributed by atoms with E-state index in [4.69, 9.17) is 31.3 Å². The summed E-state index contributed by atoms with van der Waals surface area (Å²) in [6, 6.07) is 0. The second-order valence-electron chi connectivity index (χ2n) is 2.50. The fourth-order valence-electron chi connectivity index (χ4n) is 0.684. The van der Waals surface area contributed by atoms with Gasteiger partial charge < -0.3 is 25.5 Å². The molecule has 1 radical (unpaired) electrons. The zero-order chi connectivity index (χ0) is 9.72. The third-order valence-electron chi connectivity index (χ3n) is 1.53. The van der Waals surface area contributed by atoms with Crippen LogP contribution in [0.3, 0.4) is 0 Å². The molecule has 0 aliphatic rings. The van der Waals surface area contributed by atoms with Gasteiger partial charge in [-0.1, -0.05) is 0 Å². The van der Waals surface area contributed by atoms with Crippen LogP contribution >= 0.6 is 0 Å². The maximum atomic E-state index is 9.00. The lowest BCUT2D eigenvalue weighted by atomic mass is 10.0. The van der Waals surface area contributed by atoms with Crippen LogP contribution in [0.25, 0.3) is 0 Å². The van der Waals surface area contributed by atoms with Crippen LogP contribution in [-0.2, 0) is 0 Å². The predicted octanol–water partition coefficient (Wildman–Crippen LogP) is -3.29. The Morgan fingerprint density at radius 3 is 1.67 bits per heavy atom. The molecule has 0 fully saturated rings. The number of nitrogens with one attached hydrogen (secondary N) is 1. The molecule has 0 spiro atoms. The summed E-state index contributed by atoms with van der Waals surface area (Å²) in [6.45, 7) is -1.18. The lowest BCUT2D eigenvalue weighted by molar-refractivity contribution is -0.112. The summed E-state index contributed by atoms with van der Waals surface area (Å²) in [5, 5.41) is 44.0. The van der Waals surface area contributed by atoms with Gasteiger partial charge in [0.15, 0.2) is 0 Å². The normalized spacial score (nSPS) is 21.5. The van der Waals surface area contributed by atoms with Gasteiger partial charge in [0.25, 0.3) is 0 Å². The van der Waals surface area contributed by atoms with Crippen molar-refractivity contribution in [1.82, 2.24) is 5.73 Å². The molecule has 0 amide bonds. The van der Waals surface area contributed by atoms with E-state index in [1.165, 1.54) is 0 Å². The van der Waals surface area contributed by atoms with Crippen molar-refractivity contribution in [2.24, 2.45) is 0 Å². The van der Waals surface area contributed by atoms with Crippen molar-refractivity contribution in [3.8, 4) is 0 Å². The maximum Gasteiger partial charge on any atom is 0.111 e. The molecule has 73 valence electrons. The molecule has 0 heterocycles. The van der Waals surface area contributed by atoms with Crippen molar-refractivity contribution in [3.05, 3.63) is 0 Å². The second-order valence-corrected chi connectivity index (χ2v) is 2.50. The Labute approximate surface area is 69.9 Å². The molecule has 0 bridgehead atoms. The van der Waals surface area contributed by atoms with E-state index in [0.29, 0.717) is 0 Å². The molecule has 0 rings (SSSR count). The number of hydrogen-bond acceptors (Lipinski definition) is 5. The first-order valence-electron chi connectivity index (χ1n) is 3.52. The molecule has 0 saturated carbocycles. The average molecular weight is 180 g/mol. The van der Waals surface area contributed by atoms with Crippen LogP contribution in [0, 0.1) is 0 Å². The Kier molecular flexibility index (Phi) is 5.31. The molecule has 0 aromatic carbocycles. The van der Waals surface area contributed by atoms with Gasteiger partial charge >= 0.3 is 0 Å². The lowest BCUT2D eigenvalue weighted by Crippen LogP contribution is -2.47. The summed E-state index contributed by atoms with van der Waals surface area (Å²) < 4.78 is 0. The smallest absolute Gasteiger partial charge is 0.111 e. The third kappa shape index (κ3) is 3.02. The molecule has 6 N–H and O–H groups in total. The number of aliphatic hydroxyl groups excluding tert-OH is 5. The van der Waals surface area contributed by atoms with E-state index in [1.807, 2.05) is 0 Å². The highest BCUT2D eigenvalue weighted by Gasteiger charge is 2.28. The molecule has 0 aromatic rings. The molecule has 12 heavy (non-hydrogen) atoms. The summed E-state index contributed by atoms with van der Waals surface area (Å²) in [6.07, 6.45) is -6.15. The molecule has 0 aromatic heterocycles. The Morgan fingerprint density at radius 1 is 0.917 bits per heavy atom. The first-order valence-corrected chi connectivity index (χ1v) is 3.52. The Bertz CT molecular complexity index is 109. The monoisotopic (exact) mass is 180 g/mol. The van der Waals surface area contributed by atoms with Crippen LogP contribution in [0.5, 0.6) is 0 Å². The van der Waals surface area contributed by atoms with Gasteiger partial charge in [-0.05, 0) is 0 Å². The van der Waals surface area contributed by atoms with Crippen molar-refractivity contribution >= 4 is 0 Å². The van der Waals surface area contributed by atoms with Crippen molar-refractivity contribution in [2.45, 2.75) is 24.4 Å². The SMILES string of the molecule is [NH]CC(O)C(O)C(O)C(O)CO. The summed E-state index contributed by atoms with van der Waals surface area (Å²) in [4.78, 5) is 0. The minimum Gasteiger partial charge on any atom is -0.394 e. The minimum atomic E-state index is -1.63. The first kappa shape index (κ1) is 11.8. The molecule has 0 saturated heterocycles. The summed E-state index contributed by atoms with van der Waals surface area (Å²) in [7, 11) is 0. The zero-order valence-electron chi connectivity index (χ0n) is 6.46. The van der Waals surface area contributed by atoms with Crippen LogP contribution in [-0.4, -0.2) is 63.1 Å². The molecule has 0 aliphatic carbocycles. The quantitative estimate of drug-likeness (QED) is 0.303. The largest absolute Gasteiger partial charge is 0.394 e. The van der Waals surface area contributed by atoms with Crippen LogP contribution in [0.4, 0.5) is 0 Å². The van der Waals surface area contributed by atoms with Crippen molar-refractivity contribution < 1.29 is 25.5 Å². The fourth-order valence-corrected chi connectivity index (χ4v) is 0.684. The van der Waals surface area contributed by atoms with E-state index in [2.05, 4.69) is 0 Å². The highest BCUT2D eigenvalue weighted by Crippen LogP contribution is 2.03. The summed E-state index contributed by atoms with van der Waals surface area (Å²) in [5.41, 5.74) is 6.67. The number of hydrogen-bond donors (Lipinski definition) is 5. The van der Waals surface area contributed by atoms with Gasteiger partial charge in [-0.3, -0.25) is 5.73 Å². The number of rotatable bonds is 5. The minimum absolute atomic E-state index is 0.476. The van der Waals surface area contributed by atoms with E-state index in [0.717, 1.165) is 0 Å². The van der Waals surface area contributed by atoms with Gasteiger partial charge in [0.2, 0.25) is 0 Å². The van der Waals surface area contributed by atoms with Crippen molar-refractivity contribution in [1.29, 1.82) is 0 Å². The van der Waals surface area contributed by atoms with E-state index < -0.39 is 37.6 Å². The summed E-state index contributed by atoms with van der Waals surface area (Å²) in [5.74, 6) is 0. The zero-order valence-corrected chi connectivity index (χ0v) is 6.46. The van der Waals surface area contributed by atoms with E-state index in [-0.39, 0.29) is 0 Å². The highest BCUT2D eigenvalue weighted by atomic mass is 16.4. The fraction of sp³-hybridized carbons (Fsp3) is 1.00. The predicted molar refractivity (Wildman–Crippen MR) is 39.1 cm³/mol. The molecule has 6 heteroatoms. The van der Waals surface area contributed by atoms with Gasteiger partial charge in [0, 0.05) is 6.54 Å². The van der Waals surface area contributed by atoms with Crippen LogP contribution in [0.1, 0.15) is 0 Å². The van der Waals surface area contributed by atoms with Gasteiger partial charge in [0.1, 0.15) is 18.3 Å². The molecular weight excluding hydrogens is 166 g/mol. The Hall–Kier alpha value is -0.240. The maximum absolute atomic E-state index is 9.00. The van der Waals surface area contributed by atoms with Gasteiger partial charge in [-0.2, -0.15) is 0 Å². The molecule has 4 atom stereocenters. The Morgan fingerprint density at radius 2 is 1.33 bits per heavy atom. The van der Waals surface area contributed by atoms with Crippen LogP contribution in [0.15, 0.2) is 0 Å². The van der Waals surface area contributed by atoms with Crippen LogP contribution < -0.4 is 5.73 Å². The second kappa shape index (κ2) is 5.41. The highest BCUT2D eigenvalue weighted by molar-refractivity contribution is 4.80. The van der Waals surface area contributed by atoms with E-state index >= 15 is 0 Å². The van der Waals surface area contributed by atoms with Crippen molar-refractivity contribution in [3.63, 3.8) is 0 Å². The number of aliphatic hydroxyl groups is 5. The van der Waals surface area contributed by atoms with E-state index in [1.54, 1.807) is 0 Å². The lowest BCUT2D eigenvalue weighted by Gasteiger charge is -2.24. The van der Waals surface area contributed by atoms with E-state index in [9.17, 15) is 0 Å². The Balaban J connectivity index is 3.99. The topological polar surface area (TPSA) is 125 Å². The average Bonchev–Trinajstić information content (AvgIpc) is 2.12. The standard InChI is InChI=1S/C6H14NO5/c7-1-3(9)5(11)6(12)4(10)2-8/h3-12H,1-2H2. The van der Waals surface area contributed by atoms with Gasteiger partial charge in [0.05, 0.1) is 12.7 Å². The molecule has 0 aliphatic heterocycles. The summed E-state index contributed by atoms with van der Waals surface area (Å²) >= 11 is 0. The van der Waals surface area contributed by atoms with Gasteiger partial charge in [-0.15, -0.1) is 0 Å².